The van der Waals surface area contributed by atoms with Crippen molar-refractivity contribution in [3.05, 3.63) is 206 Å². The highest BCUT2D eigenvalue weighted by atomic mass is 15.0. The smallest absolute Gasteiger partial charge is 0.164 e. The van der Waals surface area contributed by atoms with Crippen molar-refractivity contribution in [2.24, 2.45) is 0 Å². The molecule has 4 heteroatoms. The summed E-state index contributed by atoms with van der Waals surface area (Å²) in [5.74, 6) is 1.87. The number of pyridine rings is 1. The SMILES string of the molecule is c1ccc(-c2ccc(-c3nc(-c4ccccc4)nc(-c4cccc(-c5ccc6ncccc6c5-c5ccc6c7ccccc7c7ccccc7c6c5)c4)n3)cc2)cc1. The highest BCUT2D eigenvalue weighted by Gasteiger charge is 2.18. The number of hydrogen-bond donors (Lipinski definition) is 0. The highest BCUT2D eigenvalue weighted by Crippen LogP contribution is 2.42. The van der Waals surface area contributed by atoms with E-state index in [0.717, 1.165) is 55.4 Å². The summed E-state index contributed by atoms with van der Waals surface area (Å²) in [4.78, 5) is 20.0. The third kappa shape index (κ3) is 5.87. The van der Waals surface area contributed by atoms with Gasteiger partial charge in [0.15, 0.2) is 17.5 Å². The lowest BCUT2D eigenvalue weighted by atomic mass is 9.87. The van der Waals surface area contributed by atoms with Gasteiger partial charge < -0.3 is 0 Å². The Balaban J connectivity index is 1.08. The van der Waals surface area contributed by atoms with Gasteiger partial charge in [0.25, 0.3) is 0 Å². The van der Waals surface area contributed by atoms with Crippen molar-refractivity contribution in [2.45, 2.75) is 0 Å². The standard InChI is InChI=1S/C54H34N4/c1-3-13-35(14-4-1)36-24-26-38(27-25-36)53-56-52(37-15-5-2-6-16-37)57-54(58-53)41-18-11-17-39(33-41)42-30-31-50-48(23-12-32-55-50)51(42)40-28-29-47-45-21-8-7-19-43(45)44-20-9-10-22-46(44)49(47)34-40/h1-34H. The topological polar surface area (TPSA) is 51.6 Å². The predicted molar refractivity (Wildman–Crippen MR) is 240 cm³/mol. The Labute approximate surface area is 335 Å². The van der Waals surface area contributed by atoms with Crippen LogP contribution in [0.25, 0.3) is 111 Å². The summed E-state index contributed by atoms with van der Waals surface area (Å²) in [7, 11) is 0. The lowest BCUT2D eigenvalue weighted by molar-refractivity contribution is 1.07. The molecular formula is C54H34N4. The van der Waals surface area contributed by atoms with Crippen molar-refractivity contribution < 1.29 is 0 Å². The maximum absolute atomic E-state index is 5.12. The first kappa shape index (κ1) is 33.5. The molecule has 9 aromatic carbocycles. The third-order valence-corrected chi connectivity index (χ3v) is 11.2. The normalized spacial score (nSPS) is 11.4. The Morgan fingerprint density at radius 3 is 1.40 bits per heavy atom. The van der Waals surface area contributed by atoms with Crippen molar-refractivity contribution in [1.82, 2.24) is 19.9 Å². The van der Waals surface area contributed by atoms with Crippen molar-refractivity contribution in [3.63, 3.8) is 0 Å². The Bertz CT molecular complexity index is 3290. The van der Waals surface area contributed by atoms with E-state index in [2.05, 4.69) is 158 Å². The molecule has 11 rings (SSSR count). The van der Waals surface area contributed by atoms with Crippen molar-refractivity contribution in [2.75, 3.05) is 0 Å². The van der Waals surface area contributed by atoms with Crippen molar-refractivity contribution in [1.29, 1.82) is 0 Å². The molecule has 0 unspecified atom stereocenters. The molecule has 2 aromatic heterocycles. The fourth-order valence-electron chi connectivity index (χ4n) is 8.39. The third-order valence-electron chi connectivity index (χ3n) is 11.2. The van der Waals surface area contributed by atoms with Gasteiger partial charge in [0.05, 0.1) is 5.52 Å². The van der Waals surface area contributed by atoms with Crippen LogP contribution in [0, 0.1) is 0 Å². The number of hydrogen-bond acceptors (Lipinski definition) is 4. The predicted octanol–water partition coefficient (Wildman–Crippen LogP) is 13.9. The van der Waals surface area contributed by atoms with Gasteiger partial charge in [-0.2, -0.15) is 0 Å². The lowest BCUT2D eigenvalue weighted by Gasteiger charge is -2.17. The zero-order chi connectivity index (χ0) is 38.4. The molecule has 0 aliphatic carbocycles. The van der Waals surface area contributed by atoms with Gasteiger partial charge in [0.1, 0.15) is 0 Å². The lowest BCUT2D eigenvalue weighted by Crippen LogP contribution is -2.00. The Hall–Kier alpha value is -7.82. The van der Waals surface area contributed by atoms with Crippen LogP contribution in [0.5, 0.6) is 0 Å². The quantitative estimate of drug-likeness (QED) is 0.159. The number of rotatable bonds is 6. The van der Waals surface area contributed by atoms with Gasteiger partial charge in [-0.15, -0.1) is 0 Å². The number of fused-ring (bicyclic) bond motifs is 7. The van der Waals surface area contributed by atoms with Crippen LogP contribution in [0.4, 0.5) is 0 Å². The summed E-state index contributed by atoms with van der Waals surface area (Å²) in [5, 5.41) is 8.61. The first-order valence-electron chi connectivity index (χ1n) is 19.5. The maximum Gasteiger partial charge on any atom is 0.164 e. The molecule has 0 saturated heterocycles. The largest absolute Gasteiger partial charge is 0.256 e. The summed E-state index contributed by atoms with van der Waals surface area (Å²) >= 11 is 0. The van der Waals surface area contributed by atoms with E-state index in [9.17, 15) is 0 Å². The van der Waals surface area contributed by atoms with E-state index in [1.165, 1.54) is 37.9 Å². The van der Waals surface area contributed by atoms with E-state index in [-0.39, 0.29) is 0 Å². The number of nitrogens with zero attached hydrogens (tertiary/aromatic N) is 4. The van der Waals surface area contributed by atoms with E-state index in [1.807, 2.05) is 48.7 Å². The van der Waals surface area contributed by atoms with Crippen molar-refractivity contribution in [3.8, 4) is 67.5 Å². The average Bonchev–Trinajstić information content (AvgIpc) is 3.31. The number of benzene rings is 9. The molecule has 0 bridgehead atoms. The zero-order valence-corrected chi connectivity index (χ0v) is 31.4. The Morgan fingerprint density at radius 1 is 0.259 bits per heavy atom. The molecule has 0 amide bonds. The molecule has 58 heavy (non-hydrogen) atoms. The molecule has 11 aromatic rings. The van der Waals surface area contributed by atoms with Crippen LogP contribution in [0.3, 0.4) is 0 Å². The van der Waals surface area contributed by atoms with Gasteiger partial charge in [-0.25, -0.2) is 15.0 Å². The van der Waals surface area contributed by atoms with Gasteiger partial charge in [0.2, 0.25) is 0 Å². The van der Waals surface area contributed by atoms with E-state index >= 15 is 0 Å². The number of aromatic nitrogens is 4. The first-order chi connectivity index (χ1) is 28.7. The molecule has 2 heterocycles. The fourth-order valence-corrected chi connectivity index (χ4v) is 8.39. The van der Waals surface area contributed by atoms with Crippen molar-refractivity contribution >= 4 is 43.2 Å². The minimum atomic E-state index is 0.617. The van der Waals surface area contributed by atoms with Crippen LogP contribution in [0.15, 0.2) is 206 Å². The second kappa shape index (κ2) is 14.0. The van der Waals surface area contributed by atoms with Crippen LogP contribution < -0.4 is 0 Å². The Morgan fingerprint density at radius 2 is 0.724 bits per heavy atom. The van der Waals surface area contributed by atoms with Gasteiger partial charge in [-0.05, 0) is 90.0 Å². The van der Waals surface area contributed by atoms with Crippen LogP contribution in [-0.2, 0) is 0 Å². The average molecular weight is 739 g/mol. The molecule has 0 aliphatic rings. The Kier molecular flexibility index (Phi) is 8.11. The van der Waals surface area contributed by atoms with Crippen LogP contribution in [0.1, 0.15) is 0 Å². The maximum atomic E-state index is 5.12. The van der Waals surface area contributed by atoms with E-state index in [0.29, 0.717) is 17.5 Å². The molecule has 270 valence electrons. The molecule has 0 radical (unpaired) electrons. The van der Waals surface area contributed by atoms with E-state index in [4.69, 9.17) is 19.9 Å². The molecule has 0 saturated carbocycles. The molecule has 4 nitrogen and oxygen atoms in total. The summed E-state index contributed by atoms with van der Waals surface area (Å²) < 4.78 is 0. The molecule has 0 aliphatic heterocycles. The molecule has 0 fully saturated rings. The molecule has 0 atom stereocenters. The molecule has 0 spiro atoms. The monoisotopic (exact) mass is 738 g/mol. The van der Waals surface area contributed by atoms with Gasteiger partial charge in [0, 0.05) is 28.3 Å². The van der Waals surface area contributed by atoms with Gasteiger partial charge >= 0.3 is 0 Å². The molecular weight excluding hydrogens is 705 g/mol. The zero-order valence-electron chi connectivity index (χ0n) is 31.4. The molecule has 0 N–H and O–H groups in total. The summed E-state index contributed by atoms with van der Waals surface area (Å²) in [6.45, 7) is 0. The van der Waals surface area contributed by atoms with E-state index in [1.54, 1.807) is 0 Å². The van der Waals surface area contributed by atoms with Gasteiger partial charge in [-0.1, -0.05) is 176 Å². The van der Waals surface area contributed by atoms with Crippen LogP contribution in [0.2, 0.25) is 0 Å². The van der Waals surface area contributed by atoms with Gasteiger partial charge in [-0.3, -0.25) is 4.98 Å². The first-order valence-corrected chi connectivity index (χ1v) is 19.5. The summed E-state index contributed by atoms with van der Waals surface area (Å²) in [6, 6.07) is 70.5. The fraction of sp³-hybridized carbons (Fsp3) is 0. The van der Waals surface area contributed by atoms with Crippen LogP contribution >= 0.6 is 0 Å². The second-order valence-corrected chi connectivity index (χ2v) is 14.6. The minimum Gasteiger partial charge on any atom is -0.256 e. The minimum absolute atomic E-state index is 0.617. The van der Waals surface area contributed by atoms with E-state index < -0.39 is 0 Å². The highest BCUT2D eigenvalue weighted by molar-refractivity contribution is 6.26. The summed E-state index contributed by atoms with van der Waals surface area (Å²) in [6.07, 6.45) is 1.87. The second-order valence-electron chi connectivity index (χ2n) is 14.6. The van der Waals surface area contributed by atoms with Crippen LogP contribution in [-0.4, -0.2) is 19.9 Å². The summed E-state index contributed by atoms with van der Waals surface area (Å²) in [5.41, 5.74) is 10.5.